The predicted molar refractivity (Wildman–Crippen MR) is 150 cm³/mol. The number of para-hydroxylation sites is 1. The van der Waals surface area contributed by atoms with Gasteiger partial charge in [0.2, 0.25) is 16.0 Å². The summed E-state index contributed by atoms with van der Waals surface area (Å²) >= 11 is 0.811. The number of carbonyl (C=O) groups excluding carboxylic acids is 1. The third-order valence-corrected chi connectivity index (χ3v) is 7.75. The molecule has 0 atom stereocenters. The van der Waals surface area contributed by atoms with Crippen molar-refractivity contribution in [2.24, 2.45) is 5.92 Å². The van der Waals surface area contributed by atoms with E-state index in [4.69, 9.17) is 11.0 Å². The third-order valence-electron chi connectivity index (χ3n) is 5.89. The van der Waals surface area contributed by atoms with Crippen molar-refractivity contribution >= 4 is 44.2 Å². The molecule has 0 bridgehead atoms. The molecule has 2 N–H and O–H groups in total. The maximum atomic E-state index is 12.1. The second kappa shape index (κ2) is 13.7. The molecule has 38 heavy (non-hydrogen) atoms. The molecular weight excluding hydrogens is 527 g/mol. The summed E-state index contributed by atoms with van der Waals surface area (Å²) in [6, 6.07) is 19.8. The predicted octanol–water partition coefficient (Wildman–Crippen LogP) is 4.11. The highest BCUT2D eigenvalue weighted by molar-refractivity contribution is 8.13. The van der Waals surface area contributed by atoms with Crippen LogP contribution in [0, 0.1) is 17.2 Å². The van der Waals surface area contributed by atoms with Crippen LogP contribution in [0.1, 0.15) is 12.8 Å². The quantitative estimate of drug-likeness (QED) is 0.427. The lowest BCUT2D eigenvalue weighted by atomic mass is 9.98. The summed E-state index contributed by atoms with van der Waals surface area (Å²) in [6.07, 6.45) is 4.27. The van der Waals surface area contributed by atoms with Crippen LogP contribution in [-0.2, 0) is 14.8 Å². The number of nitriles is 1. The Balaban J connectivity index is 0.000000215. The molecule has 0 radical (unpaired) electrons. The second-order valence-electron chi connectivity index (χ2n) is 8.44. The third kappa shape index (κ3) is 8.16. The van der Waals surface area contributed by atoms with Gasteiger partial charge in [-0.05, 0) is 43.2 Å². The number of nitrogens with two attached hydrogens (primary N) is 1. The van der Waals surface area contributed by atoms with Gasteiger partial charge in [0.05, 0.1) is 23.7 Å². The Bertz CT molecular complexity index is 1340. The molecule has 3 aromatic rings. The summed E-state index contributed by atoms with van der Waals surface area (Å²) in [5.41, 5.74) is 8.57. The van der Waals surface area contributed by atoms with Gasteiger partial charge in [0, 0.05) is 36.5 Å². The minimum Gasteiger partial charge on any atom is -0.371 e. The summed E-state index contributed by atoms with van der Waals surface area (Å²) < 4.78 is 36.4. The molecule has 9 nitrogen and oxygen atoms in total. The fourth-order valence-electron chi connectivity index (χ4n) is 3.98. The van der Waals surface area contributed by atoms with Gasteiger partial charge in [-0.1, -0.05) is 42.1 Å². The van der Waals surface area contributed by atoms with E-state index in [-0.39, 0.29) is 23.5 Å². The summed E-state index contributed by atoms with van der Waals surface area (Å²) in [6.45, 7) is 1.53. The zero-order valence-corrected chi connectivity index (χ0v) is 22.5. The zero-order valence-electron chi connectivity index (χ0n) is 20.9. The Morgan fingerprint density at radius 1 is 1.16 bits per heavy atom. The first kappa shape index (κ1) is 28.9. The summed E-state index contributed by atoms with van der Waals surface area (Å²) in [7, 11) is -3.50. The number of thioether (sulfide) groups is 1. The molecular formula is C26H29FN6O3S2. The summed E-state index contributed by atoms with van der Waals surface area (Å²) in [4.78, 5) is 21.7. The fourth-order valence-corrected chi connectivity index (χ4v) is 5.36. The molecule has 0 aliphatic carbocycles. The van der Waals surface area contributed by atoms with Gasteiger partial charge in [-0.25, -0.2) is 22.8 Å². The maximum Gasteiger partial charge on any atom is 0.233 e. The molecule has 2 aromatic carbocycles. The molecule has 12 heteroatoms. The lowest BCUT2D eigenvalue weighted by molar-refractivity contribution is -0.114. The Morgan fingerprint density at radius 2 is 1.82 bits per heavy atom. The molecule has 1 aliphatic rings. The number of piperidine rings is 1. The van der Waals surface area contributed by atoms with Crippen LogP contribution in [0.4, 0.5) is 21.7 Å². The minimum absolute atomic E-state index is 0.0141. The number of halogens is 1. The van der Waals surface area contributed by atoms with Crippen LogP contribution in [0.3, 0.4) is 0 Å². The number of nitrogens with zero attached hydrogens (tertiary/aromatic N) is 5. The molecule has 4 rings (SSSR count). The molecule has 1 saturated heterocycles. The average Bonchev–Trinajstić information content (AvgIpc) is 2.92. The van der Waals surface area contributed by atoms with E-state index in [9.17, 15) is 17.6 Å². The number of anilines is 3. The number of nitrogen functional groups attached to an aromatic ring is 1. The maximum absolute atomic E-state index is 12.1. The van der Waals surface area contributed by atoms with E-state index in [1.807, 2.05) is 24.3 Å². The van der Waals surface area contributed by atoms with E-state index >= 15 is 0 Å². The van der Waals surface area contributed by atoms with Crippen LogP contribution in [0.5, 0.6) is 0 Å². The van der Waals surface area contributed by atoms with Gasteiger partial charge in [-0.15, -0.1) is 0 Å². The Kier molecular flexibility index (Phi) is 10.4. The number of carbonyl (C=O) groups is 1. The van der Waals surface area contributed by atoms with Crippen molar-refractivity contribution < 1.29 is 17.6 Å². The van der Waals surface area contributed by atoms with E-state index in [1.54, 1.807) is 36.5 Å². The first-order valence-corrected chi connectivity index (χ1v) is 14.6. The van der Waals surface area contributed by atoms with Crippen LogP contribution < -0.4 is 14.9 Å². The molecule has 1 fully saturated rings. The van der Waals surface area contributed by atoms with E-state index in [0.29, 0.717) is 11.4 Å². The van der Waals surface area contributed by atoms with Gasteiger partial charge in [0.1, 0.15) is 12.6 Å². The zero-order chi connectivity index (χ0) is 27.5. The van der Waals surface area contributed by atoms with E-state index in [0.717, 1.165) is 53.8 Å². The first-order chi connectivity index (χ1) is 18.2. The van der Waals surface area contributed by atoms with E-state index in [2.05, 4.69) is 27.0 Å². The molecule has 0 amide bonds. The van der Waals surface area contributed by atoms with Gasteiger partial charge in [-0.2, -0.15) is 5.26 Å². The number of sulfonamides is 1. The summed E-state index contributed by atoms with van der Waals surface area (Å²) in [5.74, 6) is 0.203. The Labute approximate surface area is 226 Å². The molecule has 1 aromatic heterocycles. The molecule has 0 unspecified atom stereocenters. The minimum atomic E-state index is -3.50. The van der Waals surface area contributed by atoms with Gasteiger partial charge in [-0.3, -0.25) is 9.10 Å². The Morgan fingerprint density at radius 3 is 2.37 bits per heavy atom. The first-order valence-electron chi connectivity index (χ1n) is 11.8. The van der Waals surface area contributed by atoms with Crippen molar-refractivity contribution in [1.29, 1.82) is 5.26 Å². The molecule has 0 saturated carbocycles. The second-order valence-corrected chi connectivity index (χ2v) is 11.3. The fraction of sp³-hybridized carbons (Fsp3) is 0.308. The number of aromatic nitrogens is 2. The van der Waals surface area contributed by atoms with Gasteiger partial charge < -0.3 is 10.6 Å². The van der Waals surface area contributed by atoms with Gasteiger partial charge in [0.25, 0.3) is 0 Å². The highest BCUT2D eigenvalue weighted by Crippen LogP contribution is 2.27. The van der Waals surface area contributed by atoms with Crippen molar-refractivity contribution in [3.8, 4) is 17.3 Å². The van der Waals surface area contributed by atoms with Crippen molar-refractivity contribution in [3.63, 3.8) is 0 Å². The lowest BCUT2D eigenvalue weighted by Crippen LogP contribution is -2.35. The van der Waals surface area contributed by atoms with Crippen LogP contribution in [0.2, 0.25) is 0 Å². The number of hydrogen-bond donors (Lipinski definition) is 1. The normalized spacial score (nSPS) is 13.7. The standard InChI is InChI=1S/C13H16FNOS.C13H13N5O2S/c14-10-17-13(16)11-6-8-15(9-7-11)12-4-2-1-3-5-12;1-21(19,20)18(9-7-14)11-4-2-10(3-5-11)12-6-8-16-13(15)17-12/h1-5,11H,6-10H2;2-6,8H,9H2,1H3,(H2,15,16,17). The molecule has 2 heterocycles. The van der Waals surface area contributed by atoms with E-state index in [1.165, 1.54) is 5.69 Å². The lowest BCUT2D eigenvalue weighted by Gasteiger charge is -2.32. The molecule has 200 valence electrons. The van der Waals surface area contributed by atoms with Crippen molar-refractivity contribution in [2.75, 3.05) is 46.8 Å². The number of benzene rings is 2. The van der Waals surface area contributed by atoms with Crippen LogP contribution in [0.15, 0.2) is 66.9 Å². The molecule has 0 spiro atoms. The smallest absolute Gasteiger partial charge is 0.233 e. The van der Waals surface area contributed by atoms with Gasteiger partial charge in [0.15, 0.2) is 5.12 Å². The average molecular weight is 557 g/mol. The largest absolute Gasteiger partial charge is 0.371 e. The van der Waals surface area contributed by atoms with Crippen LogP contribution in [-0.4, -0.2) is 55.4 Å². The van der Waals surface area contributed by atoms with E-state index < -0.39 is 16.0 Å². The van der Waals surface area contributed by atoms with Gasteiger partial charge >= 0.3 is 0 Å². The number of hydrogen-bond acceptors (Lipinski definition) is 9. The van der Waals surface area contributed by atoms with Crippen molar-refractivity contribution in [3.05, 3.63) is 66.9 Å². The number of rotatable bonds is 7. The van der Waals surface area contributed by atoms with Crippen molar-refractivity contribution in [2.45, 2.75) is 12.8 Å². The SMILES string of the molecule is CS(=O)(=O)N(CC#N)c1ccc(-c2ccnc(N)n2)cc1.O=C(SCF)C1CCN(c2ccccc2)CC1. The summed E-state index contributed by atoms with van der Waals surface area (Å²) in [5, 5.41) is 8.75. The Hall–Kier alpha value is -3.69. The highest BCUT2D eigenvalue weighted by atomic mass is 32.2. The topological polar surface area (TPSA) is 133 Å². The monoisotopic (exact) mass is 556 g/mol. The van der Waals surface area contributed by atoms with Crippen molar-refractivity contribution in [1.82, 2.24) is 9.97 Å². The highest BCUT2D eigenvalue weighted by Gasteiger charge is 2.25. The van der Waals surface area contributed by atoms with Crippen LogP contribution >= 0.6 is 11.8 Å². The number of alkyl halides is 1. The molecule has 1 aliphatic heterocycles. The van der Waals surface area contributed by atoms with Crippen LogP contribution in [0.25, 0.3) is 11.3 Å².